The molecule has 148 valence electrons. The molecule has 1 aliphatic rings. The van der Waals surface area contributed by atoms with E-state index in [-0.39, 0.29) is 6.03 Å². The van der Waals surface area contributed by atoms with Crippen molar-refractivity contribution in [1.82, 2.24) is 9.80 Å². The number of hydrogen-bond donors (Lipinski definition) is 1. The molecular formula is C24H25N3O2. The number of nitrogens with zero attached hydrogens (tertiary/aromatic N) is 2. The Kier molecular flexibility index (Phi) is 6.07. The molecule has 5 heteroatoms. The Morgan fingerprint density at radius 3 is 2.00 bits per heavy atom. The molecule has 0 radical (unpaired) electrons. The summed E-state index contributed by atoms with van der Waals surface area (Å²) in [5, 5.41) is 2.96. The fourth-order valence-corrected chi connectivity index (χ4v) is 3.38. The number of carbonyl (C=O) groups is 1. The van der Waals surface area contributed by atoms with Crippen LogP contribution in [0.4, 0.5) is 10.5 Å². The second-order valence-corrected chi connectivity index (χ2v) is 7.12. The zero-order chi connectivity index (χ0) is 19.9. The van der Waals surface area contributed by atoms with Crippen LogP contribution in [0.15, 0.2) is 84.9 Å². The smallest absolute Gasteiger partial charge is 0.321 e. The Balaban J connectivity index is 1.24. The number of benzene rings is 3. The van der Waals surface area contributed by atoms with Crippen molar-refractivity contribution in [3.05, 3.63) is 90.5 Å². The monoisotopic (exact) mass is 387 g/mol. The Labute approximate surface area is 171 Å². The summed E-state index contributed by atoms with van der Waals surface area (Å²) in [6.45, 7) is 4.07. The van der Waals surface area contributed by atoms with Crippen LogP contribution in [0.1, 0.15) is 5.56 Å². The molecule has 3 aromatic carbocycles. The van der Waals surface area contributed by atoms with Crippen molar-refractivity contribution in [1.29, 1.82) is 0 Å². The number of ether oxygens (including phenoxy) is 1. The summed E-state index contributed by atoms with van der Waals surface area (Å²) in [5.41, 5.74) is 2.07. The molecule has 0 aromatic heterocycles. The van der Waals surface area contributed by atoms with Crippen molar-refractivity contribution >= 4 is 11.7 Å². The van der Waals surface area contributed by atoms with Crippen LogP contribution >= 0.6 is 0 Å². The third-order valence-electron chi connectivity index (χ3n) is 4.99. The highest BCUT2D eigenvalue weighted by molar-refractivity contribution is 5.89. The predicted octanol–water partition coefficient (Wildman–Crippen LogP) is 4.83. The first-order valence-corrected chi connectivity index (χ1v) is 9.91. The van der Waals surface area contributed by atoms with Gasteiger partial charge in [0.05, 0.1) is 0 Å². The highest BCUT2D eigenvalue weighted by Gasteiger charge is 2.21. The highest BCUT2D eigenvalue weighted by Crippen LogP contribution is 2.21. The Morgan fingerprint density at radius 2 is 1.34 bits per heavy atom. The molecule has 1 heterocycles. The van der Waals surface area contributed by atoms with Gasteiger partial charge in [0, 0.05) is 38.4 Å². The number of piperazine rings is 1. The summed E-state index contributed by atoms with van der Waals surface area (Å²) in [4.78, 5) is 16.7. The number of para-hydroxylation sites is 2. The van der Waals surface area contributed by atoms with Crippen LogP contribution in [0.3, 0.4) is 0 Å². The maximum atomic E-state index is 12.4. The van der Waals surface area contributed by atoms with Gasteiger partial charge in [0.2, 0.25) is 0 Å². The molecular weight excluding hydrogens is 362 g/mol. The molecule has 1 N–H and O–H groups in total. The molecule has 0 atom stereocenters. The van der Waals surface area contributed by atoms with Crippen LogP contribution in [0.2, 0.25) is 0 Å². The van der Waals surface area contributed by atoms with E-state index in [1.165, 1.54) is 5.56 Å². The van der Waals surface area contributed by atoms with E-state index < -0.39 is 0 Å². The first-order chi connectivity index (χ1) is 14.3. The molecule has 0 saturated carbocycles. The summed E-state index contributed by atoms with van der Waals surface area (Å²) in [6.07, 6.45) is 0. The number of carbonyl (C=O) groups excluding carboxylic acids is 1. The zero-order valence-electron chi connectivity index (χ0n) is 16.3. The molecule has 0 spiro atoms. The Bertz CT molecular complexity index is 906. The van der Waals surface area contributed by atoms with E-state index in [4.69, 9.17) is 4.74 Å². The second-order valence-electron chi connectivity index (χ2n) is 7.12. The Morgan fingerprint density at radius 1 is 0.759 bits per heavy atom. The maximum absolute atomic E-state index is 12.4. The summed E-state index contributed by atoms with van der Waals surface area (Å²) >= 11 is 0. The number of rotatable bonds is 5. The van der Waals surface area contributed by atoms with Crippen LogP contribution in [-0.4, -0.2) is 42.0 Å². The molecule has 4 rings (SSSR count). The predicted molar refractivity (Wildman–Crippen MR) is 115 cm³/mol. The third-order valence-corrected chi connectivity index (χ3v) is 4.99. The fourth-order valence-electron chi connectivity index (χ4n) is 3.38. The normalized spacial score (nSPS) is 14.4. The van der Waals surface area contributed by atoms with Crippen LogP contribution in [0.25, 0.3) is 0 Å². The first-order valence-electron chi connectivity index (χ1n) is 9.91. The van der Waals surface area contributed by atoms with Gasteiger partial charge in [-0.1, -0.05) is 48.5 Å². The van der Waals surface area contributed by atoms with Crippen molar-refractivity contribution in [2.45, 2.75) is 6.54 Å². The highest BCUT2D eigenvalue weighted by atomic mass is 16.5. The zero-order valence-corrected chi connectivity index (χ0v) is 16.3. The van der Waals surface area contributed by atoms with Crippen LogP contribution in [-0.2, 0) is 6.54 Å². The van der Waals surface area contributed by atoms with Crippen LogP contribution in [0, 0.1) is 0 Å². The minimum Gasteiger partial charge on any atom is -0.457 e. The SMILES string of the molecule is O=C(Nc1ccccc1)N1CCN(Cc2ccc(Oc3ccccc3)cc2)CC1. The standard InChI is InChI=1S/C24H25N3O2/c28-24(25-21-7-3-1-4-8-21)27-17-15-26(16-18-27)19-20-11-13-23(14-12-20)29-22-9-5-2-6-10-22/h1-14H,15-19H2,(H,25,28). The molecule has 1 aliphatic heterocycles. The third kappa shape index (κ3) is 5.36. The molecule has 1 fully saturated rings. The van der Waals surface area contributed by atoms with Crippen molar-refractivity contribution in [2.24, 2.45) is 0 Å². The van der Waals surface area contributed by atoms with Gasteiger partial charge in [-0.05, 0) is 42.0 Å². The van der Waals surface area contributed by atoms with Crippen molar-refractivity contribution in [3.8, 4) is 11.5 Å². The molecule has 0 bridgehead atoms. The van der Waals surface area contributed by atoms with Gasteiger partial charge >= 0.3 is 6.03 Å². The van der Waals surface area contributed by atoms with E-state index in [0.29, 0.717) is 0 Å². The van der Waals surface area contributed by atoms with Gasteiger partial charge in [0.1, 0.15) is 11.5 Å². The first kappa shape index (κ1) is 19.0. The maximum Gasteiger partial charge on any atom is 0.321 e. The van der Waals surface area contributed by atoms with Crippen LogP contribution < -0.4 is 10.1 Å². The van der Waals surface area contributed by atoms with Gasteiger partial charge < -0.3 is 15.0 Å². The van der Waals surface area contributed by atoms with Gasteiger partial charge in [-0.3, -0.25) is 4.90 Å². The minimum atomic E-state index is -0.0294. The molecule has 2 amide bonds. The minimum absolute atomic E-state index is 0.0294. The average Bonchev–Trinajstić information content (AvgIpc) is 2.77. The van der Waals surface area contributed by atoms with E-state index in [1.54, 1.807) is 0 Å². The molecule has 29 heavy (non-hydrogen) atoms. The molecule has 1 saturated heterocycles. The Hall–Kier alpha value is -3.31. The van der Waals surface area contributed by atoms with E-state index >= 15 is 0 Å². The van der Waals surface area contributed by atoms with Gasteiger partial charge in [0.15, 0.2) is 0 Å². The van der Waals surface area contributed by atoms with E-state index in [0.717, 1.165) is 49.9 Å². The summed E-state index contributed by atoms with van der Waals surface area (Å²) < 4.78 is 5.85. The lowest BCUT2D eigenvalue weighted by molar-refractivity contribution is 0.143. The van der Waals surface area contributed by atoms with Crippen molar-refractivity contribution in [3.63, 3.8) is 0 Å². The van der Waals surface area contributed by atoms with Crippen LogP contribution in [0.5, 0.6) is 11.5 Å². The molecule has 5 nitrogen and oxygen atoms in total. The lowest BCUT2D eigenvalue weighted by Crippen LogP contribution is -2.49. The van der Waals surface area contributed by atoms with E-state index in [9.17, 15) is 4.79 Å². The number of hydrogen-bond acceptors (Lipinski definition) is 3. The second kappa shape index (κ2) is 9.26. The van der Waals surface area contributed by atoms with Gasteiger partial charge in [0.25, 0.3) is 0 Å². The van der Waals surface area contributed by atoms with Crippen molar-refractivity contribution < 1.29 is 9.53 Å². The topological polar surface area (TPSA) is 44.8 Å². The fraction of sp³-hybridized carbons (Fsp3) is 0.208. The average molecular weight is 387 g/mol. The molecule has 0 unspecified atom stereocenters. The number of nitrogens with one attached hydrogen (secondary N) is 1. The molecule has 0 aliphatic carbocycles. The van der Waals surface area contributed by atoms with E-state index in [2.05, 4.69) is 22.3 Å². The lowest BCUT2D eigenvalue weighted by Gasteiger charge is -2.34. The number of urea groups is 1. The van der Waals surface area contributed by atoms with Gasteiger partial charge in [-0.25, -0.2) is 4.79 Å². The lowest BCUT2D eigenvalue weighted by atomic mass is 10.2. The summed E-state index contributed by atoms with van der Waals surface area (Å²) in [5.74, 6) is 1.67. The van der Waals surface area contributed by atoms with Crippen molar-refractivity contribution in [2.75, 3.05) is 31.5 Å². The number of amides is 2. The quantitative estimate of drug-likeness (QED) is 0.682. The summed E-state index contributed by atoms with van der Waals surface area (Å²) in [7, 11) is 0. The van der Waals surface area contributed by atoms with Gasteiger partial charge in [-0.2, -0.15) is 0 Å². The van der Waals surface area contributed by atoms with E-state index in [1.807, 2.05) is 77.7 Å². The van der Waals surface area contributed by atoms with Gasteiger partial charge in [-0.15, -0.1) is 0 Å². The molecule has 3 aromatic rings. The largest absolute Gasteiger partial charge is 0.457 e. The summed E-state index contributed by atoms with van der Waals surface area (Å²) in [6, 6.07) is 27.6. The number of anilines is 1.